The van der Waals surface area contributed by atoms with E-state index >= 15 is 0 Å². The van der Waals surface area contributed by atoms with Gasteiger partial charge in [-0.1, -0.05) is 0 Å². The minimum atomic E-state index is -0.778. The number of benzene rings is 1. The molecule has 1 aromatic carbocycles. The lowest BCUT2D eigenvalue weighted by Crippen LogP contribution is -2.38. The second-order valence-corrected chi connectivity index (χ2v) is 4.63. The number of ether oxygens (including phenoxy) is 1. The van der Waals surface area contributed by atoms with Crippen LogP contribution < -0.4 is 0 Å². The van der Waals surface area contributed by atoms with E-state index in [2.05, 4.69) is 0 Å². The van der Waals surface area contributed by atoms with Crippen molar-refractivity contribution in [1.29, 1.82) is 0 Å². The number of hydrogen-bond donors (Lipinski definition) is 1. The van der Waals surface area contributed by atoms with E-state index in [0.717, 1.165) is 25.9 Å². The van der Waals surface area contributed by atoms with E-state index in [4.69, 9.17) is 9.84 Å². The number of aromatic hydroxyl groups is 1. The lowest BCUT2D eigenvalue weighted by molar-refractivity contribution is -0.138. The first-order valence-electron chi connectivity index (χ1n) is 6.37. The van der Waals surface area contributed by atoms with Gasteiger partial charge < -0.3 is 14.7 Å². The molecule has 1 heterocycles. The molecule has 0 radical (unpaired) electrons. The molecule has 102 valence electrons. The van der Waals surface area contributed by atoms with Crippen LogP contribution >= 0.6 is 0 Å². The van der Waals surface area contributed by atoms with E-state index in [1.54, 1.807) is 11.8 Å². The molecular weight excluding hydrogens is 246 g/mol. The summed E-state index contributed by atoms with van der Waals surface area (Å²) in [5.41, 5.74) is 0.318. The van der Waals surface area contributed by atoms with Gasteiger partial charge in [-0.2, -0.15) is 0 Å². The smallest absolute Gasteiger partial charge is 0.338 e. The Morgan fingerprint density at radius 3 is 2.37 bits per heavy atom. The van der Waals surface area contributed by atoms with Crippen molar-refractivity contribution in [3.05, 3.63) is 29.8 Å². The summed E-state index contributed by atoms with van der Waals surface area (Å²) < 4.78 is 5.14. The third-order valence-corrected chi connectivity index (χ3v) is 3.15. The van der Waals surface area contributed by atoms with E-state index in [9.17, 15) is 9.59 Å². The molecule has 0 unspecified atom stereocenters. The van der Waals surface area contributed by atoms with Gasteiger partial charge in [-0.25, -0.2) is 4.79 Å². The number of carbonyl (C=O) groups is 2. The fourth-order valence-electron chi connectivity index (χ4n) is 2.07. The van der Waals surface area contributed by atoms with Crippen LogP contribution in [0.2, 0.25) is 0 Å². The summed E-state index contributed by atoms with van der Waals surface area (Å²) in [5, 5.41) is 9.14. The Kier molecular flexibility index (Phi) is 4.04. The average molecular weight is 263 g/mol. The third-order valence-electron chi connectivity index (χ3n) is 3.15. The van der Waals surface area contributed by atoms with Crippen molar-refractivity contribution < 1.29 is 19.4 Å². The van der Waals surface area contributed by atoms with Gasteiger partial charge in [0.15, 0.2) is 6.10 Å². The third kappa shape index (κ3) is 3.24. The first kappa shape index (κ1) is 13.4. The van der Waals surface area contributed by atoms with Gasteiger partial charge in [0.25, 0.3) is 5.91 Å². The van der Waals surface area contributed by atoms with Crippen molar-refractivity contribution in [1.82, 2.24) is 4.90 Å². The lowest BCUT2D eigenvalue weighted by Gasteiger charge is -2.20. The molecule has 1 fully saturated rings. The van der Waals surface area contributed by atoms with Crippen LogP contribution in [0.5, 0.6) is 5.75 Å². The molecule has 1 aromatic rings. The number of hydrogen-bond acceptors (Lipinski definition) is 4. The average Bonchev–Trinajstić information content (AvgIpc) is 2.92. The van der Waals surface area contributed by atoms with Crippen molar-refractivity contribution in [3.8, 4) is 5.75 Å². The molecule has 1 saturated heterocycles. The van der Waals surface area contributed by atoms with Crippen molar-refractivity contribution in [2.75, 3.05) is 13.1 Å². The molecule has 0 spiro atoms. The standard InChI is InChI=1S/C14H17NO4/c1-10(13(17)15-8-2-3-9-15)19-14(18)11-4-6-12(16)7-5-11/h4-7,10,16H,2-3,8-9H2,1H3/t10-/m0/s1. The number of esters is 1. The fourth-order valence-corrected chi connectivity index (χ4v) is 2.07. The normalized spacial score (nSPS) is 16.2. The molecule has 0 bridgehead atoms. The van der Waals surface area contributed by atoms with Crippen LogP contribution in [-0.4, -0.2) is 41.1 Å². The van der Waals surface area contributed by atoms with Crippen LogP contribution in [0, 0.1) is 0 Å². The maximum absolute atomic E-state index is 12.0. The van der Waals surface area contributed by atoms with Crippen LogP contribution in [0.3, 0.4) is 0 Å². The zero-order chi connectivity index (χ0) is 13.8. The van der Waals surface area contributed by atoms with Gasteiger partial charge in [-0.05, 0) is 44.0 Å². The predicted octanol–water partition coefficient (Wildman–Crippen LogP) is 1.56. The first-order valence-corrected chi connectivity index (χ1v) is 6.37. The van der Waals surface area contributed by atoms with Crippen molar-refractivity contribution >= 4 is 11.9 Å². The summed E-state index contributed by atoms with van der Waals surface area (Å²) in [6.45, 7) is 3.05. The van der Waals surface area contributed by atoms with Crippen LogP contribution in [0.15, 0.2) is 24.3 Å². The monoisotopic (exact) mass is 263 g/mol. The summed E-state index contributed by atoms with van der Waals surface area (Å²) >= 11 is 0. The Morgan fingerprint density at radius 1 is 1.21 bits per heavy atom. The molecule has 1 aliphatic heterocycles. The van der Waals surface area contributed by atoms with Gasteiger partial charge in [-0.3, -0.25) is 4.79 Å². The molecule has 5 nitrogen and oxygen atoms in total. The number of rotatable bonds is 3. The van der Waals surface area contributed by atoms with Gasteiger partial charge >= 0.3 is 5.97 Å². The highest BCUT2D eigenvalue weighted by Crippen LogP contribution is 2.14. The zero-order valence-electron chi connectivity index (χ0n) is 10.8. The van der Waals surface area contributed by atoms with Gasteiger partial charge in [-0.15, -0.1) is 0 Å². The van der Waals surface area contributed by atoms with Gasteiger partial charge in [0, 0.05) is 13.1 Å². The number of phenols is 1. The van der Waals surface area contributed by atoms with Crippen LogP contribution in [-0.2, 0) is 9.53 Å². The summed E-state index contributed by atoms with van der Waals surface area (Å²) in [4.78, 5) is 25.5. The predicted molar refractivity (Wildman–Crippen MR) is 68.8 cm³/mol. The molecule has 1 aliphatic rings. The van der Waals surface area contributed by atoms with Crippen molar-refractivity contribution in [2.45, 2.75) is 25.9 Å². The molecule has 2 rings (SSSR count). The second kappa shape index (κ2) is 5.73. The summed E-state index contributed by atoms with van der Waals surface area (Å²) in [5.74, 6) is -0.623. The van der Waals surface area contributed by atoms with Crippen LogP contribution in [0.1, 0.15) is 30.1 Å². The molecule has 0 aliphatic carbocycles. The van der Waals surface area contributed by atoms with E-state index < -0.39 is 12.1 Å². The molecule has 0 saturated carbocycles. The molecule has 1 atom stereocenters. The summed E-state index contributed by atoms with van der Waals surface area (Å²) in [6.07, 6.45) is 1.23. The maximum atomic E-state index is 12.0. The Morgan fingerprint density at radius 2 is 1.79 bits per heavy atom. The number of carbonyl (C=O) groups excluding carboxylic acids is 2. The summed E-state index contributed by atoms with van der Waals surface area (Å²) in [7, 11) is 0. The molecule has 1 N–H and O–H groups in total. The molecule has 1 amide bonds. The zero-order valence-corrected chi connectivity index (χ0v) is 10.8. The minimum absolute atomic E-state index is 0.0812. The Balaban J connectivity index is 1.94. The first-order chi connectivity index (χ1) is 9.08. The lowest BCUT2D eigenvalue weighted by atomic mass is 10.2. The van der Waals surface area contributed by atoms with Gasteiger partial charge in [0.2, 0.25) is 0 Å². The number of phenolic OH excluding ortho intramolecular Hbond substituents is 1. The number of nitrogens with zero attached hydrogens (tertiary/aromatic N) is 1. The second-order valence-electron chi connectivity index (χ2n) is 4.63. The maximum Gasteiger partial charge on any atom is 0.338 e. The van der Waals surface area contributed by atoms with Crippen LogP contribution in [0.4, 0.5) is 0 Å². The highest BCUT2D eigenvalue weighted by molar-refractivity contribution is 5.92. The topological polar surface area (TPSA) is 66.8 Å². The molecule has 0 aromatic heterocycles. The molecule has 5 heteroatoms. The molecule has 19 heavy (non-hydrogen) atoms. The van der Waals surface area contributed by atoms with Crippen molar-refractivity contribution in [2.24, 2.45) is 0 Å². The quantitative estimate of drug-likeness (QED) is 0.840. The number of amides is 1. The minimum Gasteiger partial charge on any atom is -0.508 e. The molecular formula is C14H17NO4. The van der Waals surface area contributed by atoms with Gasteiger partial charge in [0.1, 0.15) is 5.75 Å². The fraction of sp³-hybridized carbons (Fsp3) is 0.429. The van der Waals surface area contributed by atoms with E-state index in [-0.39, 0.29) is 11.7 Å². The van der Waals surface area contributed by atoms with Gasteiger partial charge in [0.05, 0.1) is 5.56 Å². The highest BCUT2D eigenvalue weighted by Gasteiger charge is 2.26. The highest BCUT2D eigenvalue weighted by atomic mass is 16.5. The number of likely N-dealkylation sites (tertiary alicyclic amines) is 1. The Hall–Kier alpha value is -2.04. The van der Waals surface area contributed by atoms with E-state index in [1.807, 2.05) is 0 Å². The van der Waals surface area contributed by atoms with E-state index in [1.165, 1.54) is 24.3 Å². The SMILES string of the molecule is C[C@H](OC(=O)c1ccc(O)cc1)C(=O)N1CCCC1. The van der Waals surface area contributed by atoms with Crippen molar-refractivity contribution in [3.63, 3.8) is 0 Å². The Labute approximate surface area is 111 Å². The van der Waals surface area contributed by atoms with Crippen LogP contribution in [0.25, 0.3) is 0 Å². The Bertz CT molecular complexity index is 463. The van der Waals surface area contributed by atoms with E-state index in [0.29, 0.717) is 5.56 Å². The summed E-state index contributed by atoms with van der Waals surface area (Å²) in [6, 6.07) is 5.74. The largest absolute Gasteiger partial charge is 0.508 e.